The minimum atomic E-state index is 0.419. The minimum Gasteiger partial charge on any atom is -0.397 e. The van der Waals surface area contributed by atoms with Crippen LogP contribution in [0.3, 0.4) is 0 Å². The fourth-order valence-electron chi connectivity index (χ4n) is 1.98. The largest absolute Gasteiger partial charge is 0.397 e. The molecule has 0 aliphatic carbocycles. The minimum absolute atomic E-state index is 0.419. The van der Waals surface area contributed by atoms with Crippen LogP contribution in [0.4, 0.5) is 5.69 Å². The molecular formula is C15H18N2. The van der Waals surface area contributed by atoms with Crippen molar-refractivity contribution in [3.8, 4) is 11.1 Å². The van der Waals surface area contributed by atoms with Crippen molar-refractivity contribution in [2.75, 3.05) is 5.73 Å². The lowest BCUT2D eigenvalue weighted by molar-refractivity contribution is 0.861. The number of nitrogens with zero attached hydrogens (tertiary/aromatic N) is 1. The van der Waals surface area contributed by atoms with Crippen LogP contribution in [0.1, 0.15) is 30.9 Å². The molecule has 2 rings (SSSR count). The van der Waals surface area contributed by atoms with Crippen LogP contribution in [0.2, 0.25) is 0 Å². The average Bonchev–Trinajstić information content (AvgIpc) is 2.30. The zero-order valence-electron chi connectivity index (χ0n) is 10.6. The molecule has 0 saturated carbocycles. The van der Waals surface area contributed by atoms with E-state index in [-0.39, 0.29) is 0 Å². The highest BCUT2D eigenvalue weighted by atomic mass is 14.7. The molecule has 2 N–H and O–H groups in total. The van der Waals surface area contributed by atoms with Gasteiger partial charge in [0.15, 0.2) is 0 Å². The fraction of sp³-hybridized carbons (Fsp3) is 0.267. The molecule has 2 heteroatoms. The number of aromatic nitrogens is 1. The lowest BCUT2D eigenvalue weighted by atomic mass is 9.93. The summed E-state index contributed by atoms with van der Waals surface area (Å²) in [6.45, 7) is 6.41. The predicted octanol–water partition coefficient (Wildman–Crippen LogP) is 3.76. The number of nitrogens with two attached hydrogens (primary N) is 1. The monoisotopic (exact) mass is 226 g/mol. The van der Waals surface area contributed by atoms with Gasteiger partial charge < -0.3 is 5.73 Å². The van der Waals surface area contributed by atoms with Gasteiger partial charge in [-0.2, -0.15) is 0 Å². The highest BCUT2D eigenvalue weighted by Crippen LogP contribution is 2.33. The highest BCUT2D eigenvalue weighted by molar-refractivity contribution is 5.79. The second-order valence-electron chi connectivity index (χ2n) is 4.71. The summed E-state index contributed by atoms with van der Waals surface area (Å²) in [7, 11) is 0. The van der Waals surface area contributed by atoms with E-state index in [0.29, 0.717) is 5.92 Å². The molecule has 2 nitrogen and oxygen atoms in total. The maximum Gasteiger partial charge on any atom is 0.0583 e. The van der Waals surface area contributed by atoms with Crippen molar-refractivity contribution in [3.63, 3.8) is 0 Å². The van der Waals surface area contributed by atoms with Crippen LogP contribution in [0.5, 0.6) is 0 Å². The smallest absolute Gasteiger partial charge is 0.0583 e. The Morgan fingerprint density at radius 1 is 1.06 bits per heavy atom. The van der Waals surface area contributed by atoms with Crippen LogP contribution in [-0.2, 0) is 0 Å². The van der Waals surface area contributed by atoms with E-state index in [1.165, 1.54) is 16.7 Å². The van der Waals surface area contributed by atoms with E-state index >= 15 is 0 Å². The van der Waals surface area contributed by atoms with E-state index in [4.69, 9.17) is 5.73 Å². The Balaban J connectivity index is 2.61. The van der Waals surface area contributed by atoms with E-state index in [9.17, 15) is 0 Å². The lowest BCUT2D eigenvalue weighted by Crippen LogP contribution is -1.99. The summed E-state index contributed by atoms with van der Waals surface area (Å²) in [6, 6.07) is 8.46. The van der Waals surface area contributed by atoms with Gasteiger partial charge in [0.2, 0.25) is 0 Å². The molecule has 1 heterocycles. The normalized spacial score (nSPS) is 10.8. The third kappa shape index (κ3) is 2.31. The summed E-state index contributed by atoms with van der Waals surface area (Å²) in [5, 5.41) is 0. The van der Waals surface area contributed by atoms with E-state index < -0.39 is 0 Å². The van der Waals surface area contributed by atoms with Crippen molar-refractivity contribution in [3.05, 3.63) is 47.8 Å². The Bertz CT molecular complexity index is 513. The molecule has 1 aromatic carbocycles. The second kappa shape index (κ2) is 4.58. The molecule has 88 valence electrons. The molecule has 0 aliphatic heterocycles. The zero-order valence-corrected chi connectivity index (χ0v) is 10.6. The Hall–Kier alpha value is -1.83. The number of aryl methyl sites for hydroxylation is 1. The first-order valence-electron chi connectivity index (χ1n) is 5.90. The molecule has 0 spiro atoms. The van der Waals surface area contributed by atoms with E-state index in [2.05, 4.69) is 50.0 Å². The molecule has 17 heavy (non-hydrogen) atoms. The summed E-state index contributed by atoms with van der Waals surface area (Å²) >= 11 is 0. The van der Waals surface area contributed by atoms with Gasteiger partial charge in [-0.25, -0.2) is 0 Å². The fourth-order valence-corrected chi connectivity index (χ4v) is 1.98. The van der Waals surface area contributed by atoms with Crippen LogP contribution in [0.15, 0.2) is 36.7 Å². The van der Waals surface area contributed by atoms with E-state index in [0.717, 1.165) is 11.3 Å². The van der Waals surface area contributed by atoms with Gasteiger partial charge in [0.1, 0.15) is 0 Å². The number of nitrogen functional groups attached to an aromatic ring is 1. The summed E-state index contributed by atoms with van der Waals surface area (Å²) in [5.74, 6) is 0.419. The first-order chi connectivity index (χ1) is 8.09. The molecule has 0 aliphatic rings. The van der Waals surface area contributed by atoms with Crippen LogP contribution in [-0.4, -0.2) is 4.98 Å². The van der Waals surface area contributed by atoms with Gasteiger partial charge in [-0.1, -0.05) is 43.7 Å². The van der Waals surface area contributed by atoms with Gasteiger partial charge in [0.05, 0.1) is 11.9 Å². The number of anilines is 1. The molecule has 2 aromatic rings. The molecule has 0 fully saturated rings. The average molecular weight is 226 g/mol. The summed E-state index contributed by atoms with van der Waals surface area (Å²) in [6.07, 6.45) is 3.64. The standard InChI is InChI=1S/C15H18N2/c1-10(2)13-8-17-9-14(16)15(13)12-6-4-11(3)5-7-12/h4-10H,16H2,1-3H3. The van der Waals surface area contributed by atoms with Crippen molar-refractivity contribution >= 4 is 5.69 Å². The molecule has 0 bridgehead atoms. The Morgan fingerprint density at radius 2 is 1.71 bits per heavy atom. The highest BCUT2D eigenvalue weighted by Gasteiger charge is 2.11. The summed E-state index contributed by atoms with van der Waals surface area (Å²) in [4.78, 5) is 4.18. The van der Waals surface area contributed by atoms with E-state index in [1.807, 2.05) is 6.20 Å². The third-order valence-electron chi connectivity index (χ3n) is 2.97. The number of hydrogen-bond donors (Lipinski definition) is 1. The topological polar surface area (TPSA) is 38.9 Å². The number of benzene rings is 1. The summed E-state index contributed by atoms with van der Waals surface area (Å²) < 4.78 is 0. The van der Waals surface area contributed by atoms with Gasteiger partial charge >= 0.3 is 0 Å². The van der Waals surface area contributed by atoms with E-state index in [1.54, 1.807) is 6.20 Å². The van der Waals surface area contributed by atoms with Gasteiger partial charge in [0.25, 0.3) is 0 Å². The predicted molar refractivity (Wildman–Crippen MR) is 72.9 cm³/mol. The van der Waals surface area contributed by atoms with Crippen LogP contribution >= 0.6 is 0 Å². The third-order valence-corrected chi connectivity index (χ3v) is 2.97. The Labute approximate surface area is 103 Å². The lowest BCUT2D eigenvalue weighted by Gasteiger charge is -2.14. The maximum absolute atomic E-state index is 6.07. The molecular weight excluding hydrogens is 208 g/mol. The molecule has 0 unspecified atom stereocenters. The Morgan fingerprint density at radius 3 is 2.29 bits per heavy atom. The number of hydrogen-bond acceptors (Lipinski definition) is 2. The molecule has 1 aromatic heterocycles. The van der Waals surface area contributed by atoms with Crippen molar-refractivity contribution in [2.24, 2.45) is 0 Å². The van der Waals surface area contributed by atoms with Gasteiger partial charge in [-0.05, 0) is 24.0 Å². The zero-order chi connectivity index (χ0) is 12.4. The molecule has 0 amide bonds. The van der Waals surface area contributed by atoms with Crippen LogP contribution < -0.4 is 5.73 Å². The van der Waals surface area contributed by atoms with Crippen molar-refractivity contribution in [2.45, 2.75) is 26.7 Å². The van der Waals surface area contributed by atoms with Gasteiger partial charge in [-0.3, -0.25) is 4.98 Å². The molecule has 0 saturated heterocycles. The quantitative estimate of drug-likeness (QED) is 0.846. The van der Waals surface area contributed by atoms with Crippen molar-refractivity contribution in [1.29, 1.82) is 0 Å². The van der Waals surface area contributed by atoms with Crippen LogP contribution in [0.25, 0.3) is 11.1 Å². The first-order valence-corrected chi connectivity index (χ1v) is 5.90. The Kier molecular flexibility index (Phi) is 3.14. The molecule has 0 atom stereocenters. The number of rotatable bonds is 2. The SMILES string of the molecule is Cc1ccc(-c2c(N)cncc2C(C)C)cc1. The maximum atomic E-state index is 6.07. The summed E-state index contributed by atoms with van der Waals surface area (Å²) in [5.41, 5.74) is 11.6. The van der Waals surface area contributed by atoms with Crippen LogP contribution in [0, 0.1) is 6.92 Å². The first kappa shape index (κ1) is 11.6. The second-order valence-corrected chi connectivity index (χ2v) is 4.71. The van der Waals surface area contributed by atoms with Gasteiger partial charge in [-0.15, -0.1) is 0 Å². The van der Waals surface area contributed by atoms with Gasteiger partial charge in [0, 0.05) is 11.8 Å². The molecule has 0 radical (unpaired) electrons. The number of pyridine rings is 1. The van der Waals surface area contributed by atoms with Crippen molar-refractivity contribution in [1.82, 2.24) is 4.98 Å². The van der Waals surface area contributed by atoms with Crippen molar-refractivity contribution < 1.29 is 0 Å².